The van der Waals surface area contributed by atoms with Gasteiger partial charge in [0.2, 0.25) is 0 Å². The number of hydrogen-bond acceptors (Lipinski definition) is 9. The summed E-state index contributed by atoms with van der Waals surface area (Å²) in [4.78, 5) is 30.6. The molecule has 4 rings (SSSR count). The van der Waals surface area contributed by atoms with Crippen molar-refractivity contribution in [2.24, 2.45) is 21.1 Å². The highest BCUT2D eigenvalue weighted by Crippen LogP contribution is 2.25. The van der Waals surface area contributed by atoms with Crippen LogP contribution in [0.2, 0.25) is 0 Å². The zero-order valence-corrected chi connectivity index (χ0v) is 27.9. The molecule has 50 heavy (non-hydrogen) atoms. The Morgan fingerprint density at radius 2 is 1.52 bits per heavy atom. The van der Waals surface area contributed by atoms with Crippen molar-refractivity contribution >= 4 is 34.4 Å². The van der Waals surface area contributed by atoms with Gasteiger partial charge in [0, 0.05) is 49.0 Å². The first kappa shape index (κ1) is 37.1. The molecule has 1 unspecified atom stereocenters. The van der Waals surface area contributed by atoms with E-state index >= 15 is 0 Å². The number of hydrogen-bond donors (Lipinski definition) is 3. The Kier molecular flexibility index (Phi) is 13.9. The van der Waals surface area contributed by atoms with Crippen LogP contribution in [0.4, 0.5) is 31.5 Å². The Bertz CT molecular complexity index is 1800. The van der Waals surface area contributed by atoms with Crippen LogP contribution in [0, 0.1) is 11.6 Å². The fourth-order valence-electron chi connectivity index (χ4n) is 4.87. The van der Waals surface area contributed by atoms with Crippen LogP contribution in [-0.2, 0) is 17.9 Å². The Labute approximate surface area is 289 Å². The number of carbonyl (C=O) groups excluding carboxylic acids is 2. The van der Waals surface area contributed by atoms with E-state index in [1.807, 2.05) is 67.5 Å². The summed E-state index contributed by atoms with van der Waals surface area (Å²) in [6.07, 6.45) is 1.38. The van der Waals surface area contributed by atoms with E-state index in [9.17, 15) is 18.4 Å². The maximum Gasteiger partial charge on any atom is 0.251 e. The van der Waals surface area contributed by atoms with Gasteiger partial charge >= 0.3 is 0 Å². The van der Waals surface area contributed by atoms with Crippen LogP contribution in [-0.4, -0.2) is 45.0 Å². The summed E-state index contributed by atoms with van der Waals surface area (Å²) in [5.41, 5.74) is 18.4. The summed E-state index contributed by atoms with van der Waals surface area (Å²) in [6.45, 7) is 0.333. The van der Waals surface area contributed by atoms with E-state index in [2.05, 4.69) is 30.9 Å². The van der Waals surface area contributed by atoms with E-state index in [1.54, 1.807) is 0 Å². The van der Waals surface area contributed by atoms with E-state index in [4.69, 9.17) is 16.0 Å². The fourth-order valence-corrected chi connectivity index (χ4v) is 4.87. The molecule has 0 saturated carbocycles. The van der Waals surface area contributed by atoms with Crippen LogP contribution in [0.1, 0.15) is 40.7 Å². The molecule has 0 fully saturated rings. The third-order valence-electron chi connectivity index (χ3n) is 7.57. The maximum atomic E-state index is 14.9. The van der Waals surface area contributed by atoms with Crippen LogP contribution in [0.3, 0.4) is 0 Å². The zero-order chi connectivity index (χ0) is 35.9. The topological polar surface area (TPSA) is 170 Å². The molecule has 0 aliphatic rings. The molecule has 0 aliphatic heterocycles. The molecular weight excluding hydrogens is 644 g/mol. The first-order chi connectivity index (χ1) is 24.2. The van der Waals surface area contributed by atoms with Gasteiger partial charge < -0.3 is 26.0 Å². The second-order valence-corrected chi connectivity index (χ2v) is 11.6. The van der Waals surface area contributed by atoms with Gasteiger partial charge in [0.05, 0.1) is 17.4 Å². The second kappa shape index (κ2) is 18.7. The summed E-state index contributed by atoms with van der Waals surface area (Å²) < 4.78 is 35.2. The molecule has 14 heteroatoms. The Morgan fingerprint density at radius 1 is 0.880 bits per heavy atom. The Hall–Kier alpha value is -5.69. The molecule has 0 heterocycles. The molecule has 0 radical (unpaired) electrons. The molecule has 1 amide bonds. The standard InChI is InChI=1S/C36H39F2N9O3/c1-47(2)30-15-13-28(14-16-30)44-43-27-11-9-24(10-12-27)21-41-22-25-18-31(37)35(32(38)19-25)50-23-34(48)33(8-3-4-17-39)42-36(49)26-6-5-7-29(20-26)45-46-40/h5-7,9-16,18-20,33,41H,3-4,8,17,21-23,39H2,1-2H3,(H,42,49). The normalized spacial score (nSPS) is 11.5. The highest BCUT2D eigenvalue weighted by Gasteiger charge is 2.23. The van der Waals surface area contributed by atoms with E-state index in [-0.39, 0.29) is 24.2 Å². The first-order valence-corrected chi connectivity index (χ1v) is 15.9. The highest BCUT2D eigenvalue weighted by atomic mass is 19.1. The van der Waals surface area contributed by atoms with Crippen LogP contribution in [0.5, 0.6) is 5.75 Å². The Morgan fingerprint density at radius 3 is 2.14 bits per heavy atom. The lowest BCUT2D eigenvalue weighted by atomic mass is 10.0. The number of nitrogens with one attached hydrogen (secondary N) is 2. The number of unbranched alkanes of at least 4 members (excludes halogenated alkanes) is 1. The fraction of sp³-hybridized carbons (Fsp3) is 0.278. The van der Waals surface area contributed by atoms with Crippen molar-refractivity contribution in [3.8, 4) is 5.75 Å². The van der Waals surface area contributed by atoms with Gasteiger partial charge in [-0.05, 0) is 103 Å². The number of carbonyl (C=O) groups is 2. The van der Waals surface area contributed by atoms with Gasteiger partial charge in [-0.15, -0.1) is 0 Å². The predicted octanol–water partition coefficient (Wildman–Crippen LogP) is 7.55. The van der Waals surface area contributed by atoms with Gasteiger partial charge in [0.25, 0.3) is 5.91 Å². The first-order valence-electron chi connectivity index (χ1n) is 15.9. The predicted molar refractivity (Wildman–Crippen MR) is 188 cm³/mol. The molecule has 0 aliphatic carbocycles. The van der Waals surface area contributed by atoms with Gasteiger partial charge in [0.15, 0.2) is 23.2 Å². The van der Waals surface area contributed by atoms with Crippen molar-refractivity contribution in [2.75, 3.05) is 32.1 Å². The molecule has 4 aromatic rings. The molecule has 0 bridgehead atoms. The number of ketones is 1. The third-order valence-corrected chi connectivity index (χ3v) is 7.57. The summed E-state index contributed by atoms with van der Waals surface area (Å²) in [5, 5.41) is 17.8. The lowest BCUT2D eigenvalue weighted by Gasteiger charge is -2.18. The van der Waals surface area contributed by atoms with E-state index in [1.165, 1.54) is 24.3 Å². The number of azo groups is 1. The summed E-state index contributed by atoms with van der Waals surface area (Å²) in [6, 6.07) is 22.4. The van der Waals surface area contributed by atoms with Crippen molar-refractivity contribution < 1.29 is 23.1 Å². The van der Waals surface area contributed by atoms with Crippen LogP contribution in [0.25, 0.3) is 10.4 Å². The number of nitrogens with zero attached hydrogens (tertiary/aromatic N) is 6. The number of anilines is 1. The van der Waals surface area contributed by atoms with Gasteiger partial charge in [-0.1, -0.05) is 29.4 Å². The summed E-state index contributed by atoms with van der Waals surface area (Å²) in [7, 11) is 3.94. The van der Waals surface area contributed by atoms with Crippen LogP contribution in [0.15, 0.2) is 100 Å². The number of benzene rings is 4. The largest absolute Gasteiger partial charge is 0.480 e. The molecule has 260 valence electrons. The zero-order valence-electron chi connectivity index (χ0n) is 27.9. The second-order valence-electron chi connectivity index (χ2n) is 11.6. The number of azide groups is 1. The van der Waals surface area contributed by atoms with Crippen LogP contribution >= 0.6 is 0 Å². The number of nitrogens with two attached hydrogens (primary N) is 1. The maximum absolute atomic E-state index is 14.9. The van der Waals surface area contributed by atoms with Crippen molar-refractivity contribution in [1.29, 1.82) is 0 Å². The third kappa shape index (κ3) is 11.2. The van der Waals surface area contributed by atoms with E-state index in [0.29, 0.717) is 37.2 Å². The molecule has 1 atom stereocenters. The van der Waals surface area contributed by atoms with Crippen molar-refractivity contribution in [1.82, 2.24) is 10.6 Å². The minimum atomic E-state index is -0.996. The number of Topliss-reactive ketones (excluding diaryl/α,β-unsaturated/α-hetero) is 1. The molecule has 0 saturated heterocycles. The summed E-state index contributed by atoms with van der Waals surface area (Å²) in [5.74, 6) is -3.76. The van der Waals surface area contributed by atoms with Crippen molar-refractivity contribution in [3.05, 3.63) is 124 Å². The minimum absolute atomic E-state index is 0.174. The molecule has 0 spiro atoms. The lowest BCUT2D eigenvalue weighted by Crippen LogP contribution is -2.43. The summed E-state index contributed by atoms with van der Waals surface area (Å²) >= 11 is 0. The lowest BCUT2D eigenvalue weighted by molar-refractivity contribution is -0.123. The van der Waals surface area contributed by atoms with Crippen molar-refractivity contribution in [2.45, 2.75) is 38.4 Å². The number of halogens is 2. The number of ether oxygens (including phenoxy) is 1. The van der Waals surface area contributed by atoms with Crippen LogP contribution < -0.4 is 26.0 Å². The monoisotopic (exact) mass is 683 g/mol. The number of rotatable bonds is 18. The van der Waals surface area contributed by atoms with Gasteiger partial charge in [-0.3, -0.25) is 9.59 Å². The Balaban J connectivity index is 1.29. The average molecular weight is 684 g/mol. The minimum Gasteiger partial charge on any atom is -0.480 e. The molecular formula is C36H39F2N9O3. The van der Waals surface area contributed by atoms with Gasteiger partial charge in [0.1, 0.15) is 6.61 Å². The SMILES string of the molecule is CN(C)c1ccc(N=Nc2ccc(CNCc3cc(F)c(OCC(=O)C(CCCCN)NC(=O)c4cccc(N=[N+]=[N-])c4)c(F)c3)cc2)cc1. The number of amides is 1. The quantitative estimate of drug-likeness (QED) is 0.0423. The van der Waals surface area contributed by atoms with E-state index < -0.39 is 41.7 Å². The highest BCUT2D eigenvalue weighted by molar-refractivity contribution is 5.98. The van der Waals surface area contributed by atoms with Crippen molar-refractivity contribution in [3.63, 3.8) is 0 Å². The average Bonchev–Trinajstić information content (AvgIpc) is 3.11. The molecule has 4 aromatic carbocycles. The molecule has 0 aromatic heterocycles. The van der Waals surface area contributed by atoms with Gasteiger partial charge in [-0.2, -0.15) is 10.2 Å². The van der Waals surface area contributed by atoms with Gasteiger partial charge in [-0.25, -0.2) is 8.78 Å². The molecule has 12 nitrogen and oxygen atoms in total. The van der Waals surface area contributed by atoms with E-state index in [0.717, 1.165) is 29.1 Å². The smallest absolute Gasteiger partial charge is 0.251 e. The molecule has 4 N–H and O–H groups in total.